The van der Waals surface area contributed by atoms with Gasteiger partial charge >= 0.3 is 5.63 Å². The second-order valence-electron chi connectivity index (χ2n) is 7.88. The molecule has 0 fully saturated rings. The van der Waals surface area contributed by atoms with Crippen molar-refractivity contribution in [1.82, 2.24) is 0 Å². The molecule has 0 N–H and O–H groups in total. The van der Waals surface area contributed by atoms with Gasteiger partial charge in [0.05, 0.1) is 6.61 Å². The van der Waals surface area contributed by atoms with Crippen LogP contribution in [0.25, 0.3) is 11.0 Å². The molecule has 30 heavy (non-hydrogen) atoms. The Morgan fingerprint density at radius 2 is 2.00 bits per heavy atom. The van der Waals surface area contributed by atoms with Crippen molar-refractivity contribution in [3.05, 3.63) is 63.5 Å². The first-order valence-corrected chi connectivity index (χ1v) is 10.8. The molecule has 1 aliphatic heterocycles. The van der Waals surface area contributed by atoms with Crippen LogP contribution in [-0.4, -0.2) is 13.3 Å². The van der Waals surface area contributed by atoms with E-state index in [2.05, 4.69) is 36.9 Å². The Hall–Kier alpha value is -2.95. The molecule has 2 aromatic carbocycles. The van der Waals surface area contributed by atoms with Gasteiger partial charge in [-0.3, -0.25) is 0 Å². The summed E-state index contributed by atoms with van der Waals surface area (Å²) >= 11 is 0. The summed E-state index contributed by atoms with van der Waals surface area (Å²) in [6, 6.07) is 11.9. The molecule has 0 aliphatic carbocycles. The van der Waals surface area contributed by atoms with Crippen molar-refractivity contribution >= 4 is 16.7 Å². The highest BCUT2D eigenvalue weighted by molar-refractivity contribution is 5.86. The summed E-state index contributed by atoms with van der Waals surface area (Å²) in [6.45, 7) is 8.15. The summed E-state index contributed by atoms with van der Waals surface area (Å²) in [4.78, 5) is 14.2. The van der Waals surface area contributed by atoms with Gasteiger partial charge in [-0.25, -0.2) is 4.79 Å². The second-order valence-corrected chi connectivity index (χ2v) is 7.88. The number of anilines is 1. The third-order valence-electron chi connectivity index (χ3n) is 5.57. The van der Waals surface area contributed by atoms with E-state index in [4.69, 9.17) is 13.9 Å². The normalized spacial score (nSPS) is 13.2. The Bertz CT molecular complexity index is 1100. The van der Waals surface area contributed by atoms with Crippen LogP contribution in [0.3, 0.4) is 0 Å². The second kappa shape index (κ2) is 8.82. The molecule has 3 aromatic rings. The number of aryl methyl sites for hydroxylation is 2. The Morgan fingerprint density at radius 3 is 2.80 bits per heavy atom. The predicted molar refractivity (Wildman–Crippen MR) is 120 cm³/mol. The molecule has 0 amide bonds. The first-order chi connectivity index (χ1) is 14.6. The molecule has 5 heteroatoms. The number of ether oxygens (including phenoxy) is 2. The van der Waals surface area contributed by atoms with Crippen LogP contribution in [0.4, 0.5) is 5.69 Å². The number of benzene rings is 2. The van der Waals surface area contributed by atoms with Crippen LogP contribution < -0.4 is 20.0 Å². The van der Waals surface area contributed by atoms with Crippen LogP contribution in [0.1, 0.15) is 49.8 Å². The minimum Gasteiger partial charge on any atom is -0.494 e. The van der Waals surface area contributed by atoms with Crippen molar-refractivity contribution < 1.29 is 13.9 Å². The minimum absolute atomic E-state index is 0.300. The summed E-state index contributed by atoms with van der Waals surface area (Å²) in [7, 11) is 0. The number of fused-ring (bicyclic) bond motifs is 2. The van der Waals surface area contributed by atoms with Crippen molar-refractivity contribution in [2.45, 2.75) is 53.0 Å². The van der Waals surface area contributed by atoms with Gasteiger partial charge in [0.25, 0.3) is 0 Å². The average Bonchev–Trinajstić information content (AvgIpc) is 2.75. The Labute approximate surface area is 177 Å². The van der Waals surface area contributed by atoms with Gasteiger partial charge < -0.3 is 18.8 Å². The predicted octanol–water partition coefficient (Wildman–Crippen LogP) is 5.59. The molecule has 0 radical (unpaired) electrons. The van der Waals surface area contributed by atoms with Crippen LogP contribution in [0.5, 0.6) is 11.5 Å². The first-order valence-electron chi connectivity index (χ1n) is 10.8. The van der Waals surface area contributed by atoms with Gasteiger partial charge in [0, 0.05) is 40.9 Å². The summed E-state index contributed by atoms with van der Waals surface area (Å²) < 4.78 is 17.6. The average molecular weight is 408 g/mol. The van der Waals surface area contributed by atoms with Gasteiger partial charge in [-0.2, -0.15) is 0 Å². The monoisotopic (exact) mass is 407 g/mol. The maximum Gasteiger partial charge on any atom is 0.336 e. The van der Waals surface area contributed by atoms with Gasteiger partial charge in [0.2, 0.25) is 0 Å². The van der Waals surface area contributed by atoms with Crippen molar-refractivity contribution in [3.8, 4) is 11.5 Å². The van der Waals surface area contributed by atoms with Gasteiger partial charge in [0.15, 0.2) is 6.73 Å². The molecule has 0 unspecified atom stereocenters. The van der Waals surface area contributed by atoms with E-state index in [1.165, 1.54) is 0 Å². The fourth-order valence-corrected chi connectivity index (χ4v) is 4.03. The molecule has 1 aromatic heterocycles. The van der Waals surface area contributed by atoms with E-state index < -0.39 is 0 Å². The highest BCUT2D eigenvalue weighted by atomic mass is 16.5. The number of hydrogen-bond donors (Lipinski definition) is 0. The summed E-state index contributed by atoms with van der Waals surface area (Å²) in [6.07, 6.45) is 3.99. The van der Waals surface area contributed by atoms with Gasteiger partial charge in [-0.1, -0.05) is 32.8 Å². The van der Waals surface area contributed by atoms with Gasteiger partial charge in [-0.05, 0) is 43.5 Å². The quantitative estimate of drug-likeness (QED) is 0.377. The number of rotatable bonds is 7. The number of hydrogen-bond acceptors (Lipinski definition) is 5. The zero-order valence-corrected chi connectivity index (χ0v) is 18.0. The Morgan fingerprint density at radius 1 is 1.13 bits per heavy atom. The van der Waals surface area contributed by atoms with Gasteiger partial charge in [0.1, 0.15) is 17.1 Å². The summed E-state index contributed by atoms with van der Waals surface area (Å²) in [5, 5.41) is 1.01. The SMILES string of the molecule is CCCCOc1cccc(N2COc3c(cc4c(CCC)cc(=O)oc4c3C)C2)c1. The maximum atomic E-state index is 12.0. The minimum atomic E-state index is -0.300. The lowest BCUT2D eigenvalue weighted by Crippen LogP contribution is -2.32. The van der Waals surface area contributed by atoms with Crippen LogP contribution in [0, 0.1) is 6.92 Å². The molecule has 0 saturated heterocycles. The van der Waals surface area contributed by atoms with E-state index in [0.717, 1.165) is 78.1 Å². The molecule has 2 heterocycles. The smallest absolute Gasteiger partial charge is 0.336 e. The number of nitrogens with zero attached hydrogens (tertiary/aromatic N) is 1. The van der Waals surface area contributed by atoms with Crippen molar-refractivity contribution in [2.24, 2.45) is 0 Å². The summed E-state index contributed by atoms with van der Waals surface area (Å²) in [5.41, 5.74) is 4.46. The Kier molecular flexibility index (Phi) is 5.98. The molecule has 4 rings (SSSR count). The van der Waals surface area contributed by atoms with Crippen LogP contribution >= 0.6 is 0 Å². The maximum absolute atomic E-state index is 12.0. The molecule has 1 aliphatic rings. The zero-order valence-electron chi connectivity index (χ0n) is 18.0. The Balaban J connectivity index is 1.67. The van der Waals surface area contributed by atoms with Crippen molar-refractivity contribution in [2.75, 3.05) is 18.2 Å². The molecule has 158 valence electrons. The van der Waals surface area contributed by atoms with E-state index in [9.17, 15) is 4.79 Å². The van der Waals surface area contributed by atoms with Gasteiger partial charge in [-0.15, -0.1) is 0 Å². The summed E-state index contributed by atoms with van der Waals surface area (Å²) in [5.74, 6) is 1.71. The van der Waals surface area contributed by atoms with Crippen molar-refractivity contribution in [3.63, 3.8) is 0 Å². The van der Waals surface area contributed by atoms with E-state index in [1.54, 1.807) is 6.07 Å². The van der Waals surface area contributed by atoms with Crippen molar-refractivity contribution in [1.29, 1.82) is 0 Å². The van der Waals surface area contributed by atoms with E-state index in [1.807, 2.05) is 19.1 Å². The highest BCUT2D eigenvalue weighted by Crippen LogP contribution is 2.37. The molecule has 0 bridgehead atoms. The zero-order chi connectivity index (χ0) is 21.1. The first kappa shape index (κ1) is 20.3. The number of unbranched alkanes of at least 4 members (excludes halogenated alkanes) is 1. The lowest BCUT2D eigenvalue weighted by Gasteiger charge is -2.32. The standard InChI is InChI=1S/C25H29NO4/c1-4-6-11-28-21-10-7-9-20(14-21)26-15-19-12-22-18(8-5-2)13-23(27)30-25(22)17(3)24(19)29-16-26/h7,9-10,12-14H,4-6,8,11,15-16H2,1-3H3. The molecule has 0 saturated carbocycles. The molecular formula is C25H29NO4. The molecule has 5 nitrogen and oxygen atoms in total. The largest absolute Gasteiger partial charge is 0.494 e. The molecule has 0 atom stereocenters. The van der Waals surface area contributed by atoms with E-state index in [-0.39, 0.29) is 5.63 Å². The van der Waals surface area contributed by atoms with Crippen LogP contribution in [-0.2, 0) is 13.0 Å². The third kappa shape index (κ3) is 4.02. The lowest BCUT2D eigenvalue weighted by atomic mass is 9.98. The topological polar surface area (TPSA) is 51.9 Å². The fourth-order valence-electron chi connectivity index (χ4n) is 4.03. The molecular weight excluding hydrogens is 378 g/mol. The van der Waals surface area contributed by atoms with E-state index >= 15 is 0 Å². The van der Waals surface area contributed by atoms with Crippen LogP contribution in [0.2, 0.25) is 0 Å². The lowest BCUT2D eigenvalue weighted by molar-refractivity contribution is 0.286. The fraction of sp³-hybridized carbons (Fsp3) is 0.400. The molecule has 0 spiro atoms. The van der Waals surface area contributed by atoms with Crippen LogP contribution in [0.15, 0.2) is 45.6 Å². The van der Waals surface area contributed by atoms with E-state index in [0.29, 0.717) is 12.3 Å². The highest BCUT2D eigenvalue weighted by Gasteiger charge is 2.23. The third-order valence-corrected chi connectivity index (χ3v) is 5.57.